The Morgan fingerprint density at radius 1 is 1.25 bits per heavy atom. The van der Waals surface area contributed by atoms with Gasteiger partial charge in [0.2, 0.25) is 0 Å². The van der Waals surface area contributed by atoms with E-state index in [9.17, 15) is 9.18 Å². The Labute approximate surface area is 141 Å². The van der Waals surface area contributed by atoms with E-state index in [1.807, 2.05) is 0 Å². The molecule has 1 fully saturated rings. The third-order valence-corrected chi connectivity index (χ3v) is 3.44. The summed E-state index contributed by atoms with van der Waals surface area (Å²) in [6.07, 6.45) is 3.25. The molecule has 3 aromatic rings. The zero-order chi connectivity index (χ0) is 17.1. The van der Waals surface area contributed by atoms with Crippen LogP contribution < -0.4 is 5.32 Å². The molecule has 1 aromatic carbocycles. The van der Waals surface area contributed by atoms with Crippen LogP contribution in [-0.4, -0.2) is 25.8 Å². The van der Waals surface area contributed by atoms with Gasteiger partial charge >= 0.3 is 6.09 Å². The first-order valence-electron chi connectivity index (χ1n) is 7.36. The van der Waals surface area contributed by atoms with Gasteiger partial charge in [0.1, 0.15) is 5.82 Å². The number of anilines is 1. The van der Waals surface area contributed by atoms with Crippen LogP contribution in [0.5, 0.6) is 0 Å². The summed E-state index contributed by atoms with van der Waals surface area (Å²) in [7, 11) is 0. The smallest absolute Gasteiger partial charge is 0.411 e. The largest absolute Gasteiger partial charge is 0.465 e. The number of carbonyl (C=O) groups is 1. The van der Waals surface area contributed by atoms with Crippen LogP contribution in [0.2, 0.25) is 5.02 Å². The van der Waals surface area contributed by atoms with Crippen LogP contribution in [-0.2, 0) is 0 Å². The molecule has 24 heavy (non-hydrogen) atoms. The van der Waals surface area contributed by atoms with Crippen molar-refractivity contribution in [2.75, 3.05) is 5.32 Å². The number of carboxylic acid groups (broad SMARTS) is 1. The highest BCUT2D eigenvalue weighted by atomic mass is 35.5. The van der Waals surface area contributed by atoms with Crippen molar-refractivity contribution in [3.8, 4) is 11.3 Å². The van der Waals surface area contributed by atoms with Gasteiger partial charge in [-0.2, -0.15) is 4.98 Å². The van der Waals surface area contributed by atoms with Crippen LogP contribution in [0.25, 0.3) is 16.9 Å². The molecule has 6 nitrogen and oxygen atoms in total. The summed E-state index contributed by atoms with van der Waals surface area (Å²) < 4.78 is 14.7. The lowest BCUT2D eigenvalue weighted by Crippen LogP contribution is -2.08. The molecule has 124 valence electrons. The molecule has 1 aliphatic rings. The summed E-state index contributed by atoms with van der Waals surface area (Å²) in [5.74, 6) is -0.553. The van der Waals surface area contributed by atoms with Gasteiger partial charge in [-0.25, -0.2) is 13.7 Å². The van der Waals surface area contributed by atoms with Crippen molar-refractivity contribution in [1.29, 1.82) is 0 Å². The molecule has 0 aliphatic heterocycles. The predicted octanol–water partition coefficient (Wildman–Crippen LogP) is 4.45. The number of nitrogens with one attached hydrogen (secondary N) is 1. The molecule has 4 rings (SSSR count). The molecule has 1 amide bonds. The second-order valence-electron chi connectivity index (χ2n) is 5.24. The van der Waals surface area contributed by atoms with E-state index in [0.29, 0.717) is 16.9 Å². The molecule has 0 spiro atoms. The molecule has 0 atom stereocenters. The molecule has 0 unspecified atom stereocenters. The second kappa shape index (κ2) is 6.84. The van der Waals surface area contributed by atoms with E-state index < -0.39 is 11.9 Å². The van der Waals surface area contributed by atoms with E-state index in [1.165, 1.54) is 35.9 Å². The van der Waals surface area contributed by atoms with Gasteiger partial charge in [0.25, 0.3) is 5.95 Å². The van der Waals surface area contributed by atoms with E-state index in [0.717, 1.165) is 0 Å². The lowest BCUT2D eigenvalue weighted by Gasteiger charge is -2.05. The number of halogens is 2. The standard InChI is InChI=1S/C13H8ClFN4O2.C3H6/c14-8-6-7(4-5-9(8)15)10-2-1-3-11-16-12(17-13(20)21)18-19(10)11;1-2-3-1/h1-6H,(H,17,18)(H,20,21);1-3H2. The summed E-state index contributed by atoms with van der Waals surface area (Å²) >= 11 is 5.78. The average molecular weight is 349 g/mol. The molecule has 1 saturated carbocycles. The van der Waals surface area contributed by atoms with Gasteiger partial charge in [-0.15, -0.1) is 5.10 Å². The third kappa shape index (κ3) is 3.80. The number of fused-ring (bicyclic) bond motifs is 1. The molecule has 1 aliphatic carbocycles. The molecule has 0 radical (unpaired) electrons. The number of rotatable bonds is 2. The topological polar surface area (TPSA) is 79.5 Å². The summed E-state index contributed by atoms with van der Waals surface area (Å²) in [6.45, 7) is 0. The Balaban J connectivity index is 0.000000508. The number of aromatic nitrogens is 3. The van der Waals surface area contributed by atoms with E-state index in [1.54, 1.807) is 24.3 Å². The van der Waals surface area contributed by atoms with Gasteiger partial charge in [0, 0.05) is 5.56 Å². The number of benzene rings is 1. The van der Waals surface area contributed by atoms with Crippen LogP contribution in [0.3, 0.4) is 0 Å². The number of nitrogens with zero attached hydrogens (tertiary/aromatic N) is 3. The molecule has 0 saturated heterocycles. The maximum Gasteiger partial charge on any atom is 0.411 e. The van der Waals surface area contributed by atoms with Gasteiger partial charge in [0.05, 0.1) is 10.7 Å². The Kier molecular flexibility index (Phi) is 4.61. The second-order valence-corrected chi connectivity index (χ2v) is 5.64. The van der Waals surface area contributed by atoms with Gasteiger partial charge in [-0.1, -0.05) is 36.9 Å². The number of hydrogen-bond acceptors (Lipinski definition) is 3. The SMILES string of the molecule is C1CC1.O=C(O)Nc1nc2cccc(-c3ccc(F)c(Cl)c3)n2n1. The maximum absolute atomic E-state index is 13.2. The average Bonchev–Trinajstić information content (AvgIpc) is 3.36. The lowest BCUT2D eigenvalue weighted by molar-refractivity contribution is 0.209. The zero-order valence-electron chi connectivity index (χ0n) is 12.5. The summed E-state index contributed by atoms with van der Waals surface area (Å²) in [5, 5.41) is 14.8. The lowest BCUT2D eigenvalue weighted by atomic mass is 10.1. The van der Waals surface area contributed by atoms with E-state index in [4.69, 9.17) is 16.7 Å². The first-order valence-corrected chi connectivity index (χ1v) is 7.73. The van der Waals surface area contributed by atoms with Gasteiger partial charge < -0.3 is 5.11 Å². The Bertz CT molecular complexity index is 892. The molecule has 8 heteroatoms. The normalized spacial score (nSPS) is 12.4. The first kappa shape index (κ1) is 16.2. The van der Waals surface area contributed by atoms with Crippen LogP contribution in [0.15, 0.2) is 36.4 Å². The zero-order valence-corrected chi connectivity index (χ0v) is 13.3. The Morgan fingerprint density at radius 3 is 2.62 bits per heavy atom. The molecular formula is C16H14ClFN4O2. The van der Waals surface area contributed by atoms with Crippen molar-refractivity contribution < 1.29 is 14.3 Å². The molecule has 2 heterocycles. The highest BCUT2D eigenvalue weighted by Crippen LogP contribution is 2.25. The molecule has 2 aromatic heterocycles. The number of amides is 1. The molecule has 0 bridgehead atoms. The van der Waals surface area contributed by atoms with E-state index >= 15 is 0 Å². The fourth-order valence-electron chi connectivity index (χ4n) is 1.93. The fraction of sp³-hybridized carbons (Fsp3) is 0.188. The van der Waals surface area contributed by atoms with Crippen LogP contribution in [0.1, 0.15) is 19.3 Å². The highest BCUT2D eigenvalue weighted by Gasteiger charge is 2.11. The minimum absolute atomic E-state index is 0.00602. The van der Waals surface area contributed by atoms with Gasteiger partial charge in [0.15, 0.2) is 5.65 Å². The van der Waals surface area contributed by atoms with Crippen molar-refractivity contribution >= 4 is 29.3 Å². The van der Waals surface area contributed by atoms with Gasteiger partial charge in [-0.05, 0) is 30.3 Å². The highest BCUT2D eigenvalue weighted by molar-refractivity contribution is 6.31. The minimum Gasteiger partial charge on any atom is -0.465 e. The summed E-state index contributed by atoms with van der Waals surface area (Å²) in [4.78, 5) is 14.7. The van der Waals surface area contributed by atoms with Crippen LogP contribution >= 0.6 is 11.6 Å². The van der Waals surface area contributed by atoms with Crippen molar-refractivity contribution in [2.45, 2.75) is 19.3 Å². The monoisotopic (exact) mass is 348 g/mol. The van der Waals surface area contributed by atoms with Crippen molar-refractivity contribution in [3.63, 3.8) is 0 Å². The maximum atomic E-state index is 13.2. The van der Waals surface area contributed by atoms with E-state index in [-0.39, 0.29) is 11.0 Å². The van der Waals surface area contributed by atoms with Crippen LogP contribution in [0.4, 0.5) is 15.1 Å². The molecular weight excluding hydrogens is 335 g/mol. The van der Waals surface area contributed by atoms with Crippen molar-refractivity contribution in [3.05, 3.63) is 47.2 Å². The molecule has 2 N–H and O–H groups in total. The van der Waals surface area contributed by atoms with Crippen molar-refractivity contribution in [1.82, 2.24) is 14.6 Å². The number of pyridine rings is 1. The van der Waals surface area contributed by atoms with Crippen LogP contribution in [0, 0.1) is 5.82 Å². The predicted molar refractivity (Wildman–Crippen MR) is 88.9 cm³/mol. The Morgan fingerprint density at radius 2 is 2.00 bits per heavy atom. The fourth-order valence-corrected chi connectivity index (χ4v) is 2.11. The van der Waals surface area contributed by atoms with E-state index in [2.05, 4.69) is 15.4 Å². The Hall–Kier alpha value is -2.67. The van der Waals surface area contributed by atoms with Crippen molar-refractivity contribution in [2.24, 2.45) is 0 Å². The minimum atomic E-state index is -1.25. The number of hydrogen-bond donors (Lipinski definition) is 2. The third-order valence-electron chi connectivity index (χ3n) is 3.15. The first-order chi connectivity index (χ1) is 11.5. The summed E-state index contributed by atoms with van der Waals surface area (Å²) in [6, 6.07) is 9.44. The quantitative estimate of drug-likeness (QED) is 0.717. The van der Waals surface area contributed by atoms with Gasteiger partial charge in [-0.3, -0.25) is 5.32 Å². The summed E-state index contributed by atoms with van der Waals surface area (Å²) in [5.41, 5.74) is 1.70.